The van der Waals surface area contributed by atoms with Crippen molar-refractivity contribution in [2.45, 2.75) is 19.5 Å². The summed E-state index contributed by atoms with van der Waals surface area (Å²) in [6, 6.07) is 7.97. The van der Waals surface area contributed by atoms with Crippen molar-refractivity contribution in [3.63, 3.8) is 0 Å². The molecule has 1 aliphatic rings. The van der Waals surface area contributed by atoms with Crippen LogP contribution in [0, 0.1) is 5.41 Å². The highest BCUT2D eigenvalue weighted by Gasteiger charge is 2.45. The molecular weight excluding hydrogens is 266 g/mol. The monoisotopic (exact) mass is 291 g/mol. The van der Waals surface area contributed by atoms with E-state index in [4.69, 9.17) is 10.5 Å². The van der Waals surface area contributed by atoms with Gasteiger partial charge in [-0.3, -0.25) is 4.79 Å². The van der Waals surface area contributed by atoms with E-state index in [1.165, 1.54) is 0 Å². The van der Waals surface area contributed by atoms with E-state index >= 15 is 0 Å². The number of nitrogens with zero attached hydrogens (tertiary/aromatic N) is 2. The van der Waals surface area contributed by atoms with Gasteiger partial charge in [0.05, 0.1) is 18.6 Å². The van der Waals surface area contributed by atoms with Crippen LogP contribution in [-0.4, -0.2) is 51.2 Å². The zero-order chi connectivity index (χ0) is 15.6. The standard InChI is InChI=1S/C16H25N3O2/c1-16(11-21-10-14(16)17)15(20)19(4)9-12-5-7-13(8-6-12)18(2)3/h5-8,14H,9-11,17H2,1-4H3. The van der Waals surface area contributed by atoms with Crippen LogP contribution in [-0.2, 0) is 16.1 Å². The number of amides is 1. The topological polar surface area (TPSA) is 58.8 Å². The molecule has 0 spiro atoms. The van der Waals surface area contributed by atoms with E-state index in [1.54, 1.807) is 4.90 Å². The van der Waals surface area contributed by atoms with Gasteiger partial charge < -0.3 is 20.3 Å². The van der Waals surface area contributed by atoms with Crippen molar-refractivity contribution >= 4 is 11.6 Å². The summed E-state index contributed by atoms with van der Waals surface area (Å²) >= 11 is 0. The molecule has 1 fully saturated rings. The molecule has 0 aliphatic carbocycles. The number of rotatable bonds is 4. The third kappa shape index (κ3) is 3.19. The van der Waals surface area contributed by atoms with Gasteiger partial charge in [0.2, 0.25) is 5.91 Å². The van der Waals surface area contributed by atoms with Crippen LogP contribution in [0.15, 0.2) is 24.3 Å². The molecule has 1 heterocycles. The molecule has 1 amide bonds. The highest BCUT2D eigenvalue weighted by Crippen LogP contribution is 2.29. The number of benzene rings is 1. The second kappa shape index (κ2) is 6.03. The maximum absolute atomic E-state index is 12.6. The Bertz CT molecular complexity index is 501. The van der Waals surface area contributed by atoms with Crippen molar-refractivity contribution in [1.82, 2.24) is 4.90 Å². The van der Waals surface area contributed by atoms with Gasteiger partial charge >= 0.3 is 0 Å². The summed E-state index contributed by atoms with van der Waals surface area (Å²) in [5.74, 6) is 0.0455. The van der Waals surface area contributed by atoms with Crippen molar-refractivity contribution < 1.29 is 9.53 Å². The van der Waals surface area contributed by atoms with E-state index in [-0.39, 0.29) is 11.9 Å². The molecule has 0 saturated carbocycles. The Morgan fingerprint density at radius 2 is 1.95 bits per heavy atom. The van der Waals surface area contributed by atoms with Crippen LogP contribution in [0.1, 0.15) is 12.5 Å². The largest absolute Gasteiger partial charge is 0.379 e. The number of nitrogens with two attached hydrogens (primary N) is 1. The van der Waals surface area contributed by atoms with Crippen LogP contribution >= 0.6 is 0 Å². The van der Waals surface area contributed by atoms with Crippen molar-refractivity contribution in [2.24, 2.45) is 11.1 Å². The summed E-state index contributed by atoms with van der Waals surface area (Å²) in [6.07, 6.45) is 0. The predicted molar refractivity (Wildman–Crippen MR) is 84.1 cm³/mol. The minimum Gasteiger partial charge on any atom is -0.379 e. The second-order valence-corrected chi connectivity index (χ2v) is 6.26. The van der Waals surface area contributed by atoms with Gasteiger partial charge in [-0.1, -0.05) is 12.1 Å². The van der Waals surface area contributed by atoms with Gasteiger partial charge in [-0.2, -0.15) is 0 Å². The van der Waals surface area contributed by atoms with E-state index in [2.05, 4.69) is 17.0 Å². The van der Waals surface area contributed by atoms with Gasteiger partial charge in [-0.05, 0) is 24.6 Å². The lowest BCUT2D eigenvalue weighted by Gasteiger charge is -2.31. The quantitative estimate of drug-likeness (QED) is 0.901. The Morgan fingerprint density at radius 1 is 1.33 bits per heavy atom. The summed E-state index contributed by atoms with van der Waals surface area (Å²) in [6.45, 7) is 3.32. The fraction of sp³-hybridized carbons (Fsp3) is 0.562. The predicted octanol–water partition coefficient (Wildman–Crippen LogP) is 1.07. The minimum absolute atomic E-state index is 0.0455. The lowest BCUT2D eigenvalue weighted by atomic mass is 9.84. The first-order valence-corrected chi connectivity index (χ1v) is 7.20. The van der Waals surface area contributed by atoms with Crippen LogP contribution in [0.3, 0.4) is 0 Å². The average Bonchev–Trinajstić information content (AvgIpc) is 2.79. The summed E-state index contributed by atoms with van der Waals surface area (Å²) in [5.41, 5.74) is 7.66. The molecule has 5 nitrogen and oxygen atoms in total. The molecule has 116 valence electrons. The van der Waals surface area contributed by atoms with Gasteiger partial charge in [0.15, 0.2) is 0 Å². The summed E-state index contributed by atoms with van der Waals surface area (Å²) in [5, 5.41) is 0. The van der Waals surface area contributed by atoms with Gasteiger partial charge in [-0.25, -0.2) is 0 Å². The van der Waals surface area contributed by atoms with Gasteiger partial charge in [0.25, 0.3) is 0 Å². The first-order chi connectivity index (χ1) is 9.84. The maximum atomic E-state index is 12.6. The molecule has 0 bridgehead atoms. The molecular formula is C16H25N3O2. The molecule has 2 atom stereocenters. The Labute approximate surface area is 126 Å². The minimum atomic E-state index is -0.613. The highest BCUT2D eigenvalue weighted by atomic mass is 16.5. The van der Waals surface area contributed by atoms with Crippen LogP contribution in [0.4, 0.5) is 5.69 Å². The fourth-order valence-corrected chi connectivity index (χ4v) is 2.59. The van der Waals surface area contributed by atoms with Crippen LogP contribution in [0.5, 0.6) is 0 Å². The Hall–Kier alpha value is -1.59. The van der Waals surface area contributed by atoms with E-state index in [1.807, 2.05) is 40.2 Å². The summed E-state index contributed by atoms with van der Waals surface area (Å²) in [7, 11) is 5.83. The average molecular weight is 291 g/mol. The van der Waals surface area contributed by atoms with Crippen LogP contribution in [0.2, 0.25) is 0 Å². The maximum Gasteiger partial charge on any atom is 0.232 e. The molecule has 1 saturated heterocycles. The van der Waals surface area contributed by atoms with Crippen LogP contribution < -0.4 is 10.6 Å². The van der Waals surface area contributed by atoms with E-state index in [0.29, 0.717) is 19.8 Å². The first-order valence-electron chi connectivity index (χ1n) is 7.20. The Balaban J connectivity index is 2.04. The summed E-state index contributed by atoms with van der Waals surface area (Å²) < 4.78 is 5.36. The summed E-state index contributed by atoms with van der Waals surface area (Å²) in [4.78, 5) is 16.4. The number of hydrogen-bond donors (Lipinski definition) is 1. The van der Waals surface area contributed by atoms with Crippen LogP contribution in [0.25, 0.3) is 0 Å². The number of hydrogen-bond acceptors (Lipinski definition) is 4. The second-order valence-electron chi connectivity index (χ2n) is 6.26. The third-order valence-electron chi connectivity index (χ3n) is 4.23. The Kier molecular flexibility index (Phi) is 4.54. The Morgan fingerprint density at radius 3 is 2.43 bits per heavy atom. The number of anilines is 1. The van der Waals surface area contributed by atoms with Gasteiger partial charge in [0.1, 0.15) is 0 Å². The SMILES string of the molecule is CN(Cc1ccc(N(C)C)cc1)C(=O)C1(C)COCC1N. The van der Waals surface area contributed by atoms with Crippen molar-refractivity contribution in [1.29, 1.82) is 0 Å². The molecule has 21 heavy (non-hydrogen) atoms. The zero-order valence-electron chi connectivity index (χ0n) is 13.3. The first kappa shape index (κ1) is 15.8. The van der Waals surface area contributed by atoms with Gasteiger partial charge in [-0.15, -0.1) is 0 Å². The van der Waals surface area contributed by atoms with Gasteiger partial charge in [0, 0.05) is 39.4 Å². The molecule has 5 heteroatoms. The molecule has 0 aromatic heterocycles. The lowest BCUT2D eigenvalue weighted by molar-refractivity contribution is -0.140. The molecule has 1 aromatic rings. The molecule has 0 radical (unpaired) electrons. The number of ether oxygens (including phenoxy) is 1. The normalized spacial score (nSPS) is 24.9. The molecule has 1 aliphatic heterocycles. The molecule has 2 rings (SSSR count). The molecule has 1 aromatic carbocycles. The fourth-order valence-electron chi connectivity index (χ4n) is 2.59. The lowest BCUT2D eigenvalue weighted by Crippen LogP contribution is -2.50. The third-order valence-corrected chi connectivity index (χ3v) is 4.23. The molecule has 2 N–H and O–H groups in total. The smallest absolute Gasteiger partial charge is 0.232 e. The number of carbonyl (C=O) groups excluding carboxylic acids is 1. The van der Waals surface area contributed by atoms with E-state index in [9.17, 15) is 4.79 Å². The van der Waals surface area contributed by atoms with Crippen molar-refractivity contribution in [2.75, 3.05) is 39.3 Å². The van der Waals surface area contributed by atoms with Crippen molar-refractivity contribution in [3.8, 4) is 0 Å². The van der Waals surface area contributed by atoms with Crippen molar-refractivity contribution in [3.05, 3.63) is 29.8 Å². The molecule has 2 unspecified atom stereocenters. The van der Waals surface area contributed by atoms with E-state index < -0.39 is 5.41 Å². The van der Waals surface area contributed by atoms with E-state index in [0.717, 1.165) is 11.3 Å². The zero-order valence-corrected chi connectivity index (χ0v) is 13.3. The highest BCUT2D eigenvalue weighted by molar-refractivity contribution is 5.83. The number of carbonyl (C=O) groups is 1.